The molecule has 1 N–H and O–H groups in total. The summed E-state index contributed by atoms with van der Waals surface area (Å²) < 4.78 is 5.71. The number of ketones is 1. The van der Waals surface area contributed by atoms with Crippen molar-refractivity contribution in [3.8, 4) is 5.75 Å². The molecule has 1 amide bonds. The Morgan fingerprint density at radius 2 is 1.48 bits per heavy atom. The Morgan fingerprint density at radius 3 is 2.11 bits per heavy atom. The van der Waals surface area contributed by atoms with E-state index in [9.17, 15) is 9.59 Å². The van der Waals surface area contributed by atoms with Crippen molar-refractivity contribution in [3.05, 3.63) is 95.0 Å². The van der Waals surface area contributed by atoms with E-state index in [4.69, 9.17) is 16.3 Å². The third-order valence-corrected chi connectivity index (χ3v) is 4.21. The van der Waals surface area contributed by atoms with Crippen LogP contribution in [0.4, 0.5) is 5.69 Å². The number of carbonyl (C=O) groups excluding carboxylic acids is 2. The molecule has 4 nitrogen and oxygen atoms in total. The normalized spacial score (nSPS) is 11.5. The molecule has 0 aliphatic rings. The second kappa shape index (κ2) is 8.52. The van der Waals surface area contributed by atoms with Gasteiger partial charge in [0.2, 0.25) is 5.78 Å². The monoisotopic (exact) mass is 379 g/mol. The molecule has 0 bridgehead atoms. The summed E-state index contributed by atoms with van der Waals surface area (Å²) in [6.07, 6.45) is -0.643. The van der Waals surface area contributed by atoms with Gasteiger partial charge in [0.1, 0.15) is 5.75 Å². The molecule has 1 atom stereocenters. The second-order valence-electron chi connectivity index (χ2n) is 5.98. The van der Waals surface area contributed by atoms with Crippen LogP contribution < -0.4 is 10.1 Å². The largest absolute Gasteiger partial charge is 0.483 e. The van der Waals surface area contributed by atoms with E-state index in [1.54, 1.807) is 67.6 Å². The molecule has 0 saturated carbocycles. The molecule has 0 heterocycles. The number of hydrogen-bond acceptors (Lipinski definition) is 3. The summed E-state index contributed by atoms with van der Waals surface area (Å²) in [6.45, 7) is 1.70. The highest BCUT2D eigenvalue weighted by Crippen LogP contribution is 2.19. The van der Waals surface area contributed by atoms with Crippen molar-refractivity contribution < 1.29 is 14.3 Å². The van der Waals surface area contributed by atoms with Gasteiger partial charge in [0.15, 0.2) is 6.10 Å². The van der Waals surface area contributed by atoms with Crippen molar-refractivity contribution in [1.82, 2.24) is 0 Å². The first kappa shape index (κ1) is 18.7. The van der Waals surface area contributed by atoms with Gasteiger partial charge < -0.3 is 10.1 Å². The molecule has 0 aromatic heterocycles. The molecule has 0 aliphatic carbocycles. The van der Waals surface area contributed by atoms with Gasteiger partial charge >= 0.3 is 0 Å². The maximum absolute atomic E-state index is 12.4. The van der Waals surface area contributed by atoms with Crippen LogP contribution in [0.1, 0.15) is 27.6 Å². The van der Waals surface area contributed by atoms with Crippen molar-refractivity contribution in [3.63, 3.8) is 0 Å². The van der Waals surface area contributed by atoms with Crippen LogP contribution in [0.25, 0.3) is 0 Å². The van der Waals surface area contributed by atoms with E-state index in [0.717, 1.165) is 0 Å². The summed E-state index contributed by atoms with van der Waals surface area (Å²) in [5.74, 6) is 0.228. The molecule has 5 heteroatoms. The van der Waals surface area contributed by atoms with Crippen LogP contribution in [0.15, 0.2) is 78.9 Å². The highest BCUT2D eigenvalue weighted by molar-refractivity contribution is 6.30. The highest BCUT2D eigenvalue weighted by Gasteiger charge is 2.17. The third-order valence-electron chi connectivity index (χ3n) is 3.96. The van der Waals surface area contributed by atoms with Gasteiger partial charge in [-0.2, -0.15) is 0 Å². The molecule has 0 fully saturated rings. The lowest BCUT2D eigenvalue weighted by Crippen LogP contribution is -2.23. The van der Waals surface area contributed by atoms with Crippen molar-refractivity contribution in [1.29, 1.82) is 0 Å². The first-order valence-corrected chi connectivity index (χ1v) is 8.83. The first-order chi connectivity index (χ1) is 13.0. The molecule has 0 aliphatic heterocycles. The average molecular weight is 380 g/mol. The average Bonchev–Trinajstić information content (AvgIpc) is 2.70. The second-order valence-corrected chi connectivity index (χ2v) is 6.41. The number of anilines is 1. The smallest absolute Gasteiger partial charge is 0.255 e. The predicted octanol–water partition coefficient (Wildman–Crippen LogP) is 5.24. The van der Waals surface area contributed by atoms with Crippen LogP contribution in [0.2, 0.25) is 5.02 Å². The number of rotatable bonds is 6. The number of nitrogens with one attached hydrogen (secondary N) is 1. The molecule has 1 unspecified atom stereocenters. The zero-order chi connectivity index (χ0) is 19.2. The van der Waals surface area contributed by atoms with Gasteiger partial charge in [-0.25, -0.2) is 0 Å². The Morgan fingerprint density at radius 1 is 0.852 bits per heavy atom. The van der Waals surface area contributed by atoms with E-state index >= 15 is 0 Å². The van der Waals surface area contributed by atoms with Crippen LogP contribution in [-0.4, -0.2) is 17.8 Å². The lowest BCUT2D eigenvalue weighted by molar-refractivity contribution is 0.0818. The summed E-state index contributed by atoms with van der Waals surface area (Å²) in [7, 11) is 0. The fourth-order valence-corrected chi connectivity index (χ4v) is 2.64. The highest BCUT2D eigenvalue weighted by atomic mass is 35.5. The number of halogens is 1. The molecule has 0 radical (unpaired) electrons. The van der Waals surface area contributed by atoms with Crippen LogP contribution in [-0.2, 0) is 0 Å². The van der Waals surface area contributed by atoms with E-state index in [1.165, 1.54) is 0 Å². The number of ether oxygens (including phenoxy) is 1. The Hall–Kier alpha value is -3.11. The first-order valence-electron chi connectivity index (χ1n) is 8.46. The van der Waals surface area contributed by atoms with Crippen LogP contribution >= 0.6 is 11.6 Å². The summed E-state index contributed by atoms with van der Waals surface area (Å²) >= 11 is 5.84. The van der Waals surface area contributed by atoms with Gasteiger partial charge in [0.05, 0.1) is 0 Å². The molecule has 0 spiro atoms. The van der Waals surface area contributed by atoms with Crippen molar-refractivity contribution in [2.75, 3.05) is 5.32 Å². The van der Waals surface area contributed by atoms with Gasteiger partial charge in [0.25, 0.3) is 5.91 Å². The lowest BCUT2D eigenvalue weighted by Gasteiger charge is -2.14. The zero-order valence-electron chi connectivity index (χ0n) is 14.7. The molecule has 136 valence electrons. The van der Waals surface area contributed by atoms with E-state index in [1.807, 2.05) is 18.2 Å². The molecule has 0 saturated heterocycles. The van der Waals surface area contributed by atoms with E-state index in [2.05, 4.69) is 5.32 Å². The van der Waals surface area contributed by atoms with Gasteiger partial charge in [-0.1, -0.05) is 29.8 Å². The van der Waals surface area contributed by atoms with Crippen molar-refractivity contribution in [2.45, 2.75) is 13.0 Å². The maximum atomic E-state index is 12.4. The van der Waals surface area contributed by atoms with Crippen LogP contribution in [0.5, 0.6) is 5.75 Å². The van der Waals surface area contributed by atoms with Gasteiger partial charge in [0, 0.05) is 21.8 Å². The van der Waals surface area contributed by atoms with Gasteiger partial charge in [-0.3, -0.25) is 9.59 Å². The number of carbonyl (C=O) groups is 2. The lowest BCUT2D eigenvalue weighted by atomic mass is 10.1. The summed E-state index contributed by atoms with van der Waals surface area (Å²) in [5, 5.41) is 3.40. The minimum absolute atomic E-state index is 0.131. The van der Waals surface area contributed by atoms with Gasteiger partial charge in [-0.15, -0.1) is 0 Å². The molecular formula is C22H18ClNO3. The van der Waals surface area contributed by atoms with Crippen LogP contribution in [0.3, 0.4) is 0 Å². The van der Waals surface area contributed by atoms with Crippen molar-refractivity contribution >= 4 is 29.0 Å². The van der Waals surface area contributed by atoms with Crippen LogP contribution in [0, 0.1) is 0 Å². The molecule has 27 heavy (non-hydrogen) atoms. The predicted molar refractivity (Wildman–Crippen MR) is 107 cm³/mol. The number of benzene rings is 3. The fourth-order valence-electron chi connectivity index (χ4n) is 2.52. The fraction of sp³-hybridized carbons (Fsp3) is 0.0909. The Bertz CT molecular complexity index is 922. The summed E-state index contributed by atoms with van der Waals surface area (Å²) in [5.41, 5.74) is 1.77. The number of amides is 1. The summed E-state index contributed by atoms with van der Waals surface area (Å²) in [4.78, 5) is 24.6. The Balaban J connectivity index is 1.61. The Labute approximate surface area is 162 Å². The third kappa shape index (κ3) is 4.96. The number of Topliss-reactive ketones (excluding diaryl/α,β-unsaturated/α-hetero) is 1. The molecule has 3 aromatic carbocycles. The number of hydrogen-bond donors (Lipinski definition) is 1. The SMILES string of the molecule is CC(Oc1ccc(NC(=O)c2ccccc2)cc1)C(=O)c1ccc(Cl)cc1. The zero-order valence-corrected chi connectivity index (χ0v) is 15.4. The molecule has 3 aromatic rings. The Kier molecular flexibility index (Phi) is 5.89. The van der Waals surface area contributed by atoms with E-state index in [0.29, 0.717) is 27.6 Å². The van der Waals surface area contributed by atoms with E-state index in [-0.39, 0.29) is 11.7 Å². The maximum Gasteiger partial charge on any atom is 0.255 e. The minimum atomic E-state index is -0.643. The minimum Gasteiger partial charge on any atom is -0.483 e. The quantitative estimate of drug-likeness (QED) is 0.595. The molecule has 3 rings (SSSR count). The standard InChI is InChI=1S/C22H18ClNO3/c1-15(21(25)16-7-9-18(23)10-8-16)27-20-13-11-19(12-14-20)24-22(26)17-5-3-2-4-6-17/h2-15H,1H3,(H,24,26). The molecular weight excluding hydrogens is 362 g/mol. The van der Waals surface area contributed by atoms with Gasteiger partial charge in [-0.05, 0) is 67.6 Å². The summed E-state index contributed by atoms with van der Waals surface area (Å²) in [6, 6.07) is 22.6. The van der Waals surface area contributed by atoms with E-state index < -0.39 is 6.10 Å². The van der Waals surface area contributed by atoms with Crippen molar-refractivity contribution in [2.24, 2.45) is 0 Å². The topological polar surface area (TPSA) is 55.4 Å².